The summed E-state index contributed by atoms with van der Waals surface area (Å²) in [6.07, 6.45) is 2.24. The van der Waals surface area contributed by atoms with E-state index in [1.165, 1.54) is 27.3 Å². The van der Waals surface area contributed by atoms with Gasteiger partial charge in [-0.05, 0) is 54.8 Å². The Morgan fingerprint density at radius 1 is 0.735 bits per heavy atom. The van der Waals surface area contributed by atoms with Crippen LogP contribution in [0.4, 0.5) is 0 Å². The highest BCUT2D eigenvalue weighted by molar-refractivity contribution is 7.99. The largest absolute Gasteiger partial charge is 0.496 e. The number of benzene rings is 3. The van der Waals surface area contributed by atoms with Crippen molar-refractivity contribution in [2.45, 2.75) is 29.2 Å². The quantitative estimate of drug-likeness (QED) is 0.316. The number of ether oxygens (including phenoxy) is 2. The Kier molecular flexibility index (Phi) is 9.88. The summed E-state index contributed by atoms with van der Waals surface area (Å²) < 4.78 is 11.6. The molecule has 1 fully saturated rings. The number of methoxy groups -OCH3 is 1. The van der Waals surface area contributed by atoms with Gasteiger partial charge in [0.15, 0.2) is 0 Å². The Bertz CT molecular complexity index is 990. The van der Waals surface area contributed by atoms with Crippen LogP contribution in [-0.4, -0.2) is 62.8 Å². The van der Waals surface area contributed by atoms with Crippen molar-refractivity contribution in [3.8, 4) is 5.75 Å². The van der Waals surface area contributed by atoms with Crippen LogP contribution in [-0.2, 0) is 17.8 Å². The predicted octanol–water partition coefficient (Wildman–Crippen LogP) is 5.61. The third-order valence-corrected chi connectivity index (χ3v) is 7.46. The molecule has 0 saturated carbocycles. The minimum absolute atomic E-state index is 0.666. The van der Waals surface area contributed by atoms with E-state index in [0.29, 0.717) is 6.61 Å². The van der Waals surface area contributed by atoms with Crippen LogP contribution in [0.1, 0.15) is 17.5 Å². The fourth-order valence-corrected chi connectivity index (χ4v) is 5.30. The van der Waals surface area contributed by atoms with E-state index in [2.05, 4.69) is 82.6 Å². The van der Waals surface area contributed by atoms with Crippen LogP contribution in [0.3, 0.4) is 0 Å². The SMILES string of the molecule is COc1ccccc1CCCN1CCN(CCOCc2ccccc2Sc2ccccc2)CC1. The van der Waals surface area contributed by atoms with E-state index in [0.717, 1.165) is 58.0 Å². The molecule has 0 aliphatic carbocycles. The van der Waals surface area contributed by atoms with Gasteiger partial charge in [-0.25, -0.2) is 0 Å². The molecule has 0 radical (unpaired) electrons. The van der Waals surface area contributed by atoms with Crippen LogP contribution >= 0.6 is 11.8 Å². The molecule has 5 heteroatoms. The molecular weight excluding hydrogens is 440 g/mol. The number of para-hydroxylation sites is 1. The van der Waals surface area contributed by atoms with E-state index >= 15 is 0 Å². The molecule has 4 rings (SSSR count). The number of piperazine rings is 1. The van der Waals surface area contributed by atoms with Crippen molar-refractivity contribution in [3.05, 3.63) is 90.0 Å². The van der Waals surface area contributed by atoms with E-state index in [-0.39, 0.29) is 0 Å². The topological polar surface area (TPSA) is 24.9 Å². The van der Waals surface area contributed by atoms with Gasteiger partial charge < -0.3 is 14.4 Å². The Morgan fingerprint density at radius 3 is 2.15 bits per heavy atom. The fraction of sp³-hybridized carbons (Fsp3) is 0.379. The molecule has 0 atom stereocenters. The van der Waals surface area contributed by atoms with Crippen LogP contribution in [0.5, 0.6) is 5.75 Å². The Labute approximate surface area is 208 Å². The average molecular weight is 477 g/mol. The summed E-state index contributed by atoms with van der Waals surface area (Å²) in [5.74, 6) is 1.01. The molecule has 180 valence electrons. The molecule has 0 aromatic heterocycles. The van der Waals surface area contributed by atoms with Crippen molar-refractivity contribution < 1.29 is 9.47 Å². The molecule has 1 saturated heterocycles. The van der Waals surface area contributed by atoms with Crippen molar-refractivity contribution in [3.63, 3.8) is 0 Å². The van der Waals surface area contributed by atoms with E-state index in [9.17, 15) is 0 Å². The summed E-state index contributed by atoms with van der Waals surface area (Å²) in [5, 5.41) is 0. The van der Waals surface area contributed by atoms with Gasteiger partial charge in [-0.1, -0.05) is 66.4 Å². The van der Waals surface area contributed by atoms with Crippen molar-refractivity contribution in [2.24, 2.45) is 0 Å². The first-order chi connectivity index (χ1) is 16.8. The van der Waals surface area contributed by atoms with E-state index in [1.54, 1.807) is 18.9 Å². The van der Waals surface area contributed by atoms with Gasteiger partial charge in [0.2, 0.25) is 0 Å². The van der Waals surface area contributed by atoms with Crippen molar-refractivity contribution >= 4 is 11.8 Å². The highest BCUT2D eigenvalue weighted by Gasteiger charge is 2.16. The first-order valence-corrected chi connectivity index (χ1v) is 13.1. The number of rotatable bonds is 12. The molecule has 4 nitrogen and oxygen atoms in total. The number of nitrogens with zero attached hydrogens (tertiary/aromatic N) is 2. The molecule has 34 heavy (non-hydrogen) atoms. The van der Waals surface area contributed by atoms with Crippen LogP contribution < -0.4 is 4.74 Å². The normalized spacial score (nSPS) is 14.9. The molecule has 0 unspecified atom stereocenters. The molecule has 0 amide bonds. The maximum Gasteiger partial charge on any atom is 0.122 e. The van der Waals surface area contributed by atoms with Gasteiger partial charge in [0.25, 0.3) is 0 Å². The Balaban J connectivity index is 1.12. The maximum atomic E-state index is 6.08. The van der Waals surface area contributed by atoms with Gasteiger partial charge in [-0.2, -0.15) is 0 Å². The molecule has 3 aromatic rings. The van der Waals surface area contributed by atoms with Crippen molar-refractivity contribution in [1.82, 2.24) is 9.80 Å². The van der Waals surface area contributed by atoms with E-state index in [4.69, 9.17) is 9.47 Å². The average Bonchev–Trinajstić information content (AvgIpc) is 2.89. The number of aryl methyl sites for hydroxylation is 1. The Hall–Kier alpha value is -2.31. The lowest BCUT2D eigenvalue weighted by atomic mass is 10.1. The summed E-state index contributed by atoms with van der Waals surface area (Å²) in [7, 11) is 1.75. The molecule has 0 spiro atoms. The zero-order valence-electron chi connectivity index (χ0n) is 20.2. The molecule has 1 heterocycles. The first kappa shape index (κ1) is 24.8. The van der Waals surface area contributed by atoms with Gasteiger partial charge in [0.05, 0.1) is 20.3 Å². The predicted molar refractivity (Wildman–Crippen MR) is 141 cm³/mol. The van der Waals surface area contributed by atoms with Crippen LogP contribution in [0.25, 0.3) is 0 Å². The highest BCUT2D eigenvalue weighted by atomic mass is 32.2. The minimum atomic E-state index is 0.666. The second-order valence-corrected chi connectivity index (χ2v) is 9.79. The van der Waals surface area contributed by atoms with E-state index < -0.39 is 0 Å². The van der Waals surface area contributed by atoms with Crippen molar-refractivity contribution in [2.75, 3.05) is 53.0 Å². The van der Waals surface area contributed by atoms with Gasteiger partial charge in [-0.3, -0.25) is 4.90 Å². The Morgan fingerprint density at radius 2 is 1.38 bits per heavy atom. The van der Waals surface area contributed by atoms with Gasteiger partial charge >= 0.3 is 0 Å². The van der Waals surface area contributed by atoms with Crippen LogP contribution in [0.2, 0.25) is 0 Å². The summed E-state index contributed by atoms with van der Waals surface area (Å²) in [6, 6.07) is 27.5. The van der Waals surface area contributed by atoms with E-state index in [1.807, 2.05) is 6.07 Å². The van der Waals surface area contributed by atoms with Crippen molar-refractivity contribution in [1.29, 1.82) is 0 Å². The second-order valence-electron chi connectivity index (χ2n) is 8.67. The highest BCUT2D eigenvalue weighted by Crippen LogP contribution is 2.30. The lowest BCUT2D eigenvalue weighted by Gasteiger charge is -2.34. The summed E-state index contributed by atoms with van der Waals surface area (Å²) in [6.45, 7) is 8.13. The summed E-state index contributed by atoms with van der Waals surface area (Å²) in [5.41, 5.74) is 2.57. The second kappa shape index (κ2) is 13.5. The third kappa shape index (κ3) is 7.60. The van der Waals surface area contributed by atoms with Gasteiger partial charge in [0.1, 0.15) is 5.75 Å². The van der Waals surface area contributed by atoms with Gasteiger partial charge in [-0.15, -0.1) is 0 Å². The smallest absolute Gasteiger partial charge is 0.122 e. The first-order valence-electron chi connectivity index (χ1n) is 12.3. The fourth-order valence-electron chi connectivity index (χ4n) is 4.35. The number of hydrogen-bond donors (Lipinski definition) is 0. The lowest BCUT2D eigenvalue weighted by Crippen LogP contribution is -2.47. The summed E-state index contributed by atoms with van der Waals surface area (Å²) in [4.78, 5) is 7.65. The van der Waals surface area contributed by atoms with Gasteiger partial charge in [0, 0.05) is 42.5 Å². The minimum Gasteiger partial charge on any atom is -0.496 e. The maximum absolute atomic E-state index is 6.08. The molecule has 1 aliphatic heterocycles. The monoisotopic (exact) mass is 476 g/mol. The lowest BCUT2D eigenvalue weighted by molar-refractivity contribution is 0.0675. The molecule has 1 aliphatic rings. The standard InChI is InChI=1S/C29H36N2O2S/c1-32-28-15-7-5-10-25(28)12-9-17-30-18-20-31(21-19-30)22-23-33-24-26-11-6-8-16-29(26)34-27-13-3-2-4-14-27/h2-8,10-11,13-16H,9,12,17-24H2,1H3. The molecular formula is C29H36N2O2S. The number of hydrogen-bond acceptors (Lipinski definition) is 5. The molecule has 3 aromatic carbocycles. The van der Waals surface area contributed by atoms with Crippen LogP contribution in [0.15, 0.2) is 88.7 Å². The third-order valence-electron chi connectivity index (χ3n) is 6.33. The molecule has 0 N–H and O–H groups in total. The zero-order chi connectivity index (χ0) is 23.4. The molecule has 0 bridgehead atoms. The summed E-state index contributed by atoms with van der Waals surface area (Å²) >= 11 is 1.80. The van der Waals surface area contributed by atoms with Crippen LogP contribution in [0, 0.1) is 0 Å². The zero-order valence-corrected chi connectivity index (χ0v) is 21.0.